The van der Waals surface area contributed by atoms with Crippen molar-refractivity contribution in [2.45, 2.75) is 20.3 Å². The topological polar surface area (TPSA) is 52.9 Å². The van der Waals surface area contributed by atoms with Gasteiger partial charge in [-0.1, -0.05) is 35.8 Å². The fourth-order valence-electron chi connectivity index (χ4n) is 1.50. The molecule has 0 spiro atoms. The molecule has 0 atom stereocenters. The van der Waals surface area contributed by atoms with Gasteiger partial charge in [-0.3, -0.25) is 4.79 Å². The Balaban J connectivity index is 2.63. The number of amides is 1. The highest BCUT2D eigenvalue weighted by Crippen LogP contribution is 2.20. The summed E-state index contributed by atoms with van der Waals surface area (Å²) in [6.45, 7) is 4.84. The third-order valence-electron chi connectivity index (χ3n) is 2.75. The van der Waals surface area contributed by atoms with Crippen molar-refractivity contribution in [1.29, 1.82) is 5.26 Å². The maximum atomic E-state index is 11.9. The first-order valence-electron chi connectivity index (χ1n) is 5.83. The zero-order chi connectivity index (χ0) is 13.6. The smallest absolute Gasteiger partial charge is 0.251 e. The number of halogens is 1. The number of nitrogens with one attached hydrogen (secondary N) is 1. The predicted octanol–water partition coefficient (Wildman–Crippen LogP) is 3.10. The number of hydrogen-bond acceptors (Lipinski definition) is 2. The summed E-state index contributed by atoms with van der Waals surface area (Å²) >= 11 is 3.41. The van der Waals surface area contributed by atoms with Crippen molar-refractivity contribution in [3.05, 3.63) is 35.4 Å². The molecule has 3 nitrogen and oxygen atoms in total. The standard InChI is InChI=1S/C14H17BrN2O/c1-14(2,6-7-15)10-17-13(18)12-5-3-4-11(8-12)9-16/h3-5,8H,6-7,10H2,1-2H3,(H,17,18). The molecular formula is C14H17BrN2O. The van der Waals surface area contributed by atoms with E-state index in [0.717, 1.165) is 11.8 Å². The Morgan fingerprint density at radius 2 is 2.22 bits per heavy atom. The number of carbonyl (C=O) groups excluding carboxylic acids is 1. The highest BCUT2D eigenvalue weighted by atomic mass is 79.9. The number of nitrogens with zero attached hydrogens (tertiary/aromatic N) is 1. The lowest BCUT2D eigenvalue weighted by Gasteiger charge is -2.23. The molecule has 0 fully saturated rings. The molecule has 0 bridgehead atoms. The highest BCUT2D eigenvalue weighted by Gasteiger charge is 2.18. The van der Waals surface area contributed by atoms with Crippen LogP contribution in [0.25, 0.3) is 0 Å². The fourth-order valence-corrected chi connectivity index (χ4v) is 2.57. The Morgan fingerprint density at radius 1 is 1.50 bits per heavy atom. The van der Waals surface area contributed by atoms with E-state index in [1.54, 1.807) is 24.3 Å². The maximum Gasteiger partial charge on any atom is 0.251 e. The minimum absolute atomic E-state index is 0.0615. The van der Waals surface area contributed by atoms with Gasteiger partial charge >= 0.3 is 0 Å². The van der Waals surface area contributed by atoms with E-state index in [9.17, 15) is 4.79 Å². The van der Waals surface area contributed by atoms with Gasteiger partial charge in [0, 0.05) is 17.4 Å². The van der Waals surface area contributed by atoms with Gasteiger partial charge in [-0.2, -0.15) is 5.26 Å². The van der Waals surface area contributed by atoms with Gasteiger partial charge in [0.15, 0.2) is 0 Å². The number of alkyl halides is 1. The summed E-state index contributed by atoms with van der Waals surface area (Å²) in [7, 11) is 0. The van der Waals surface area contributed by atoms with E-state index in [2.05, 4.69) is 35.1 Å². The minimum atomic E-state index is -0.130. The van der Waals surface area contributed by atoms with Crippen molar-refractivity contribution >= 4 is 21.8 Å². The minimum Gasteiger partial charge on any atom is -0.352 e. The van der Waals surface area contributed by atoms with Gasteiger partial charge in [0.1, 0.15) is 0 Å². The zero-order valence-corrected chi connectivity index (χ0v) is 12.3. The monoisotopic (exact) mass is 308 g/mol. The fraction of sp³-hybridized carbons (Fsp3) is 0.429. The molecule has 1 aromatic carbocycles. The van der Waals surface area contributed by atoms with E-state index < -0.39 is 0 Å². The first kappa shape index (κ1) is 14.7. The van der Waals surface area contributed by atoms with Crippen LogP contribution in [-0.2, 0) is 0 Å². The van der Waals surface area contributed by atoms with Crippen LogP contribution in [0.4, 0.5) is 0 Å². The van der Waals surface area contributed by atoms with E-state index >= 15 is 0 Å². The Labute approximate surface area is 116 Å². The van der Waals surface area contributed by atoms with Crippen LogP contribution in [0, 0.1) is 16.7 Å². The zero-order valence-electron chi connectivity index (χ0n) is 10.7. The van der Waals surface area contributed by atoms with Crippen molar-refractivity contribution < 1.29 is 4.79 Å². The molecule has 96 valence electrons. The third-order valence-corrected chi connectivity index (χ3v) is 3.15. The molecule has 0 saturated carbocycles. The van der Waals surface area contributed by atoms with E-state index in [1.165, 1.54) is 0 Å². The molecule has 4 heteroatoms. The average molecular weight is 309 g/mol. The Bertz CT molecular complexity index is 463. The van der Waals surface area contributed by atoms with Crippen LogP contribution in [0.3, 0.4) is 0 Å². The Kier molecular flexibility index (Phi) is 5.36. The van der Waals surface area contributed by atoms with E-state index in [0.29, 0.717) is 17.7 Å². The van der Waals surface area contributed by atoms with Crippen molar-refractivity contribution in [1.82, 2.24) is 5.32 Å². The van der Waals surface area contributed by atoms with Crippen molar-refractivity contribution in [2.75, 3.05) is 11.9 Å². The summed E-state index contributed by atoms with van der Waals surface area (Å²) in [5.41, 5.74) is 1.09. The van der Waals surface area contributed by atoms with Crippen LogP contribution in [0.5, 0.6) is 0 Å². The van der Waals surface area contributed by atoms with Crippen LogP contribution >= 0.6 is 15.9 Å². The van der Waals surface area contributed by atoms with Gasteiger partial charge in [0.25, 0.3) is 5.91 Å². The number of benzene rings is 1. The van der Waals surface area contributed by atoms with Gasteiger partial charge in [0.05, 0.1) is 11.6 Å². The van der Waals surface area contributed by atoms with Crippen molar-refractivity contribution in [3.63, 3.8) is 0 Å². The normalized spacial score (nSPS) is 10.8. The SMILES string of the molecule is CC(C)(CCBr)CNC(=O)c1cccc(C#N)c1. The molecular weight excluding hydrogens is 292 g/mol. The summed E-state index contributed by atoms with van der Waals surface area (Å²) in [5.74, 6) is -0.130. The van der Waals surface area contributed by atoms with Crippen LogP contribution < -0.4 is 5.32 Å². The Hall–Kier alpha value is -1.34. The number of rotatable bonds is 5. The molecule has 1 N–H and O–H groups in total. The molecule has 0 aliphatic carbocycles. The van der Waals surface area contributed by atoms with Crippen molar-refractivity contribution in [2.24, 2.45) is 5.41 Å². The average Bonchev–Trinajstić information content (AvgIpc) is 2.36. The first-order valence-corrected chi connectivity index (χ1v) is 6.95. The predicted molar refractivity (Wildman–Crippen MR) is 75.7 cm³/mol. The molecule has 1 rings (SSSR count). The molecule has 0 heterocycles. The lowest BCUT2D eigenvalue weighted by atomic mass is 9.90. The lowest BCUT2D eigenvalue weighted by molar-refractivity contribution is 0.0936. The molecule has 18 heavy (non-hydrogen) atoms. The number of nitriles is 1. The van der Waals surface area contributed by atoms with Gasteiger partial charge in [-0.05, 0) is 30.0 Å². The molecule has 1 aromatic rings. The lowest BCUT2D eigenvalue weighted by Crippen LogP contribution is -2.34. The molecule has 0 aliphatic rings. The molecule has 0 saturated heterocycles. The Morgan fingerprint density at radius 3 is 2.83 bits per heavy atom. The van der Waals surface area contributed by atoms with Gasteiger partial charge < -0.3 is 5.32 Å². The summed E-state index contributed by atoms with van der Waals surface area (Å²) in [6, 6.07) is 8.75. The summed E-state index contributed by atoms with van der Waals surface area (Å²) < 4.78 is 0. The number of hydrogen-bond donors (Lipinski definition) is 1. The summed E-state index contributed by atoms with van der Waals surface area (Å²) in [6.07, 6.45) is 0.992. The van der Waals surface area contributed by atoms with Crippen LogP contribution in [0.15, 0.2) is 24.3 Å². The van der Waals surface area contributed by atoms with Crippen LogP contribution in [-0.4, -0.2) is 17.8 Å². The van der Waals surface area contributed by atoms with Crippen molar-refractivity contribution in [3.8, 4) is 6.07 Å². The van der Waals surface area contributed by atoms with E-state index in [4.69, 9.17) is 5.26 Å². The quantitative estimate of drug-likeness (QED) is 0.850. The van der Waals surface area contributed by atoms with Gasteiger partial charge in [-0.25, -0.2) is 0 Å². The first-order chi connectivity index (χ1) is 8.48. The second-order valence-corrected chi connectivity index (χ2v) is 5.77. The molecule has 0 aromatic heterocycles. The molecule has 0 radical (unpaired) electrons. The van der Waals surface area contributed by atoms with Gasteiger partial charge in [0.2, 0.25) is 0 Å². The van der Waals surface area contributed by atoms with Gasteiger partial charge in [-0.15, -0.1) is 0 Å². The van der Waals surface area contributed by atoms with E-state index in [-0.39, 0.29) is 11.3 Å². The van der Waals surface area contributed by atoms with Crippen LogP contribution in [0.2, 0.25) is 0 Å². The molecule has 0 unspecified atom stereocenters. The molecule has 1 amide bonds. The third kappa shape index (κ3) is 4.50. The number of carbonyl (C=O) groups is 1. The van der Waals surface area contributed by atoms with E-state index in [1.807, 2.05) is 6.07 Å². The molecule has 0 aliphatic heterocycles. The second-order valence-electron chi connectivity index (χ2n) is 4.98. The summed E-state index contributed by atoms with van der Waals surface area (Å²) in [4.78, 5) is 11.9. The summed E-state index contributed by atoms with van der Waals surface area (Å²) in [5, 5.41) is 12.6. The van der Waals surface area contributed by atoms with Crippen LogP contribution in [0.1, 0.15) is 36.2 Å². The second kappa shape index (κ2) is 6.55. The highest BCUT2D eigenvalue weighted by molar-refractivity contribution is 9.09. The maximum absolute atomic E-state index is 11.9. The largest absolute Gasteiger partial charge is 0.352 e.